The highest BCUT2D eigenvalue weighted by atomic mass is 35.5. The molecule has 1 rings (SSSR count). The Hall–Kier alpha value is -1.89. The molecule has 0 radical (unpaired) electrons. The van der Waals surface area contributed by atoms with Crippen LogP contribution in [0.15, 0.2) is 36.9 Å². The molecule has 1 unspecified atom stereocenters. The highest BCUT2D eigenvalue weighted by molar-refractivity contribution is 6.30. The first-order valence-electron chi connectivity index (χ1n) is 7.98. The van der Waals surface area contributed by atoms with E-state index in [0.29, 0.717) is 17.9 Å². The topological polar surface area (TPSA) is 98.7 Å². The van der Waals surface area contributed by atoms with Gasteiger partial charge in [0.25, 0.3) is 0 Å². The van der Waals surface area contributed by atoms with Crippen molar-refractivity contribution in [3.8, 4) is 0 Å². The van der Waals surface area contributed by atoms with E-state index in [2.05, 4.69) is 17.2 Å². The SMILES string of the molecule is C=CCC(NC(C)(C)O)C(=O)N[C@@H](CC(=O)O)Cc1ccc(Cl)cc1. The van der Waals surface area contributed by atoms with Gasteiger partial charge in [-0.3, -0.25) is 14.9 Å². The molecule has 138 valence electrons. The molecule has 25 heavy (non-hydrogen) atoms. The molecule has 1 amide bonds. The number of halogens is 1. The van der Waals surface area contributed by atoms with Gasteiger partial charge in [-0.25, -0.2) is 0 Å². The van der Waals surface area contributed by atoms with Crippen molar-refractivity contribution < 1.29 is 19.8 Å². The Morgan fingerprint density at radius 1 is 1.32 bits per heavy atom. The zero-order chi connectivity index (χ0) is 19.0. The van der Waals surface area contributed by atoms with Crippen molar-refractivity contribution in [3.63, 3.8) is 0 Å². The van der Waals surface area contributed by atoms with Crippen LogP contribution in [0.25, 0.3) is 0 Å². The molecule has 2 atom stereocenters. The number of nitrogens with one attached hydrogen (secondary N) is 2. The van der Waals surface area contributed by atoms with E-state index in [1.54, 1.807) is 30.3 Å². The van der Waals surface area contributed by atoms with Crippen LogP contribution in [0.1, 0.15) is 32.3 Å². The van der Waals surface area contributed by atoms with Gasteiger partial charge in [-0.15, -0.1) is 6.58 Å². The largest absolute Gasteiger partial charge is 0.481 e. The molecule has 0 aliphatic heterocycles. The number of benzene rings is 1. The first kappa shape index (κ1) is 21.2. The van der Waals surface area contributed by atoms with Crippen LogP contribution in [-0.4, -0.2) is 39.9 Å². The predicted molar refractivity (Wildman–Crippen MR) is 97.4 cm³/mol. The van der Waals surface area contributed by atoms with Crippen molar-refractivity contribution >= 4 is 23.5 Å². The van der Waals surface area contributed by atoms with Gasteiger partial charge in [0.2, 0.25) is 5.91 Å². The summed E-state index contributed by atoms with van der Waals surface area (Å²) < 4.78 is 0. The third-order valence-electron chi connectivity index (χ3n) is 3.41. The van der Waals surface area contributed by atoms with Crippen molar-refractivity contribution in [1.82, 2.24) is 10.6 Å². The van der Waals surface area contributed by atoms with Gasteiger partial charge in [0.1, 0.15) is 5.72 Å². The lowest BCUT2D eigenvalue weighted by atomic mass is 10.0. The second-order valence-electron chi connectivity index (χ2n) is 6.41. The maximum atomic E-state index is 12.5. The third kappa shape index (κ3) is 8.67. The molecule has 0 bridgehead atoms. The van der Waals surface area contributed by atoms with Crippen molar-refractivity contribution in [3.05, 3.63) is 47.5 Å². The first-order valence-corrected chi connectivity index (χ1v) is 8.36. The van der Waals surface area contributed by atoms with Crippen LogP contribution in [0.2, 0.25) is 5.02 Å². The van der Waals surface area contributed by atoms with Gasteiger partial charge < -0.3 is 15.5 Å². The number of carbonyl (C=O) groups excluding carboxylic acids is 1. The molecular formula is C18H25ClN2O4. The number of carboxylic acids is 1. The van der Waals surface area contributed by atoms with Gasteiger partial charge in [0.05, 0.1) is 12.5 Å². The van der Waals surface area contributed by atoms with E-state index in [0.717, 1.165) is 5.56 Å². The van der Waals surface area contributed by atoms with E-state index in [-0.39, 0.29) is 12.3 Å². The minimum absolute atomic E-state index is 0.211. The maximum Gasteiger partial charge on any atom is 0.305 e. The van der Waals surface area contributed by atoms with Gasteiger partial charge in [0, 0.05) is 11.1 Å². The molecule has 0 heterocycles. The molecule has 0 aliphatic carbocycles. The molecule has 0 aliphatic rings. The molecule has 4 N–H and O–H groups in total. The van der Waals surface area contributed by atoms with Gasteiger partial charge in [-0.2, -0.15) is 0 Å². The second-order valence-corrected chi connectivity index (χ2v) is 6.85. The summed E-state index contributed by atoms with van der Waals surface area (Å²) >= 11 is 5.85. The monoisotopic (exact) mass is 368 g/mol. The summed E-state index contributed by atoms with van der Waals surface area (Å²) in [6, 6.07) is 5.72. The van der Waals surface area contributed by atoms with Crippen LogP contribution in [0.5, 0.6) is 0 Å². The van der Waals surface area contributed by atoms with Crippen LogP contribution in [0.4, 0.5) is 0 Å². The predicted octanol–water partition coefficient (Wildman–Crippen LogP) is 2.10. The van der Waals surface area contributed by atoms with E-state index >= 15 is 0 Å². The number of carboxylic acid groups (broad SMARTS) is 1. The maximum absolute atomic E-state index is 12.5. The van der Waals surface area contributed by atoms with E-state index in [9.17, 15) is 14.7 Å². The third-order valence-corrected chi connectivity index (χ3v) is 3.66. The first-order chi connectivity index (χ1) is 11.6. The number of aliphatic carboxylic acids is 1. The van der Waals surface area contributed by atoms with Crippen molar-refractivity contribution in [2.24, 2.45) is 0 Å². The summed E-state index contributed by atoms with van der Waals surface area (Å²) in [6.07, 6.45) is 2.02. The number of hydrogen-bond acceptors (Lipinski definition) is 4. The lowest BCUT2D eigenvalue weighted by Crippen LogP contribution is -2.54. The van der Waals surface area contributed by atoms with Crippen molar-refractivity contribution in [2.45, 2.75) is 50.9 Å². The minimum Gasteiger partial charge on any atom is -0.481 e. The molecule has 0 saturated heterocycles. The quantitative estimate of drug-likeness (QED) is 0.374. The smallest absolute Gasteiger partial charge is 0.305 e. The standard InChI is InChI=1S/C18H25ClN2O4/c1-4-5-15(21-18(2,3)25)17(24)20-14(11-16(22)23)10-12-6-8-13(19)9-7-12/h4,6-9,14-15,21,25H,1,5,10-11H2,2-3H3,(H,20,24)(H,22,23)/t14-,15?/m1/s1. The highest BCUT2D eigenvalue weighted by Gasteiger charge is 2.26. The van der Waals surface area contributed by atoms with Gasteiger partial charge in [0.15, 0.2) is 0 Å². The summed E-state index contributed by atoms with van der Waals surface area (Å²) in [5, 5.41) is 25.1. The van der Waals surface area contributed by atoms with E-state index in [4.69, 9.17) is 16.7 Å². The van der Waals surface area contributed by atoms with Gasteiger partial charge in [-0.1, -0.05) is 29.8 Å². The van der Waals surface area contributed by atoms with Gasteiger partial charge >= 0.3 is 5.97 Å². The minimum atomic E-state index is -1.25. The Kier molecular flexibility index (Phi) is 8.09. The fourth-order valence-electron chi connectivity index (χ4n) is 2.42. The van der Waals surface area contributed by atoms with Crippen molar-refractivity contribution in [1.29, 1.82) is 0 Å². The van der Waals surface area contributed by atoms with E-state index in [1.165, 1.54) is 13.8 Å². The molecule has 0 aromatic heterocycles. The summed E-state index contributed by atoms with van der Waals surface area (Å²) in [5.41, 5.74) is -0.379. The van der Waals surface area contributed by atoms with Crippen LogP contribution >= 0.6 is 11.6 Å². The highest BCUT2D eigenvalue weighted by Crippen LogP contribution is 2.13. The van der Waals surface area contributed by atoms with Gasteiger partial charge in [-0.05, 0) is 44.4 Å². The molecule has 6 nitrogen and oxygen atoms in total. The van der Waals surface area contributed by atoms with Crippen LogP contribution in [0, 0.1) is 0 Å². The summed E-state index contributed by atoms with van der Waals surface area (Å²) in [7, 11) is 0. The molecular weight excluding hydrogens is 344 g/mol. The Balaban J connectivity index is 2.83. The van der Waals surface area contributed by atoms with Crippen molar-refractivity contribution in [2.75, 3.05) is 0 Å². The molecule has 1 aromatic carbocycles. The fourth-order valence-corrected chi connectivity index (χ4v) is 2.54. The normalized spacial score (nSPS) is 13.8. The van der Waals surface area contributed by atoms with Crippen LogP contribution in [0.3, 0.4) is 0 Å². The lowest BCUT2D eigenvalue weighted by Gasteiger charge is -2.27. The van der Waals surface area contributed by atoms with E-state index < -0.39 is 23.8 Å². The number of rotatable bonds is 10. The van der Waals surface area contributed by atoms with E-state index in [1.807, 2.05) is 0 Å². The summed E-state index contributed by atoms with van der Waals surface area (Å²) in [4.78, 5) is 23.6. The average molecular weight is 369 g/mol. The Labute approximate surface area is 152 Å². The molecule has 0 spiro atoms. The number of amides is 1. The summed E-state index contributed by atoms with van der Waals surface area (Å²) in [6.45, 7) is 6.66. The zero-order valence-corrected chi connectivity index (χ0v) is 15.2. The Morgan fingerprint density at radius 3 is 2.40 bits per heavy atom. The molecule has 7 heteroatoms. The number of aliphatic hydroxyl groups is 1. The molecule has 0 fully saturated rings. The second kappa shape index (κ2) is 9.56. The van der Waals surface area contributed by atoms with Crippen LogP contribution < -0.4 is 10.6 Å². The molecule has 1 aromatic rings. The summed E-state index contributed by atoms with van der Waals surface area (Å²) in [5.74, 6) is -1.39. The van der Waals surface area contributed by atoms with Crippen LogP contribution in [-0.2, 0) is 16.0 Å². The molecule has 0 saturated carbocycles. The zero-order valence-electron chi connectivity index (χ0n) is 14.5. The number of hydrogen-bond donors (Lipinski definition) is 4. The lowest BCUT2D eigenvalue weighted by molar-refractivity contribution is -0.137. The average Bonchev–Trinajstić information content (AvgIpc) is 2.47. The Morgan fingerprint density at radius 2 is 1.92 bits per heavy atom. The Bertz CT molecular complexity index is 596. The number of carbonyl (C=O) groups is 2. The fraction of sp³-hybridized carbons (Fsp3) is 0.444.